The molecule has 1 aromatic carbocycles. The molecule has 96 valence electrons. The van der Waals surface area contributed by atoms with E-state index in [-0.39, 0.29) is 6.61 Å². The van der Waals surface area contributed by atoms with E-state index in [0.717, 1.165) is 18.8 Å². The van der Waals surface area contributed by atoms with Crippen LogP contribution in [-0.4, -0.2) is 19.9 Å². The molecule has 0 spiro atoms. The number of aliphatic hydroxyl groups is 1. The number of hydrogen-bond donors (Lipinski definition) is 1. The lowest BCUT2D eigenvalue weighted by Gasteiger charge is -2.09. The van der Waals surface area contributed by atoms with Crippen molar-refractivity contribution in [1.82, 2.24) is 14.8 Å². The highest BCUT2D eigenvalue weighted by Gasteiger charge is 2.11. The van der Waals surface area contributed by atoms with Crippen LogP contribution in [0.5, 0.6) is 0 Å². The summed E-state index contributed by atoms with van der Waals surface area (Å²) < 4.78 is 1.97. The van der Waals surface area contributed by atoms with E-state index >= 15 is 0 Å². The molecule has 0 amide bonds. The van der Waals surface area contributed by atoms with E-state index in [2.05, 4.69) is 42.2 Å². The Morgan fingerprint density at radius 1 is 1.17 bits per heavy atom. The molecule has 4 heteroatoms. The Morgan fingerprint density at radius 3 is 2.56 bits per heavy atom. The van der Waals surface area contributed by atoms with Gasteiger partial charge in [0, 0.05) is 13.0 Å². The number of rotatable bonds is 4. The molecule has 0 unspecified atom stereocenters. The highest BCUT2D eigenvalue weighted by molar-refractivity contribution is 5.32. The lowest BCUT2D eigenvalue weighted by atomic mass is 10.0. The van der Waals surface area contributed by atoms with Crippen LogP contribution in [0.1, 0.15) is 35.3 Å². The van der Waals surface area contributed by atoms with Crippen LogP contribution in [0.15, 0.2) is 18.2 Å². The Kier molecular flexibility index (Phi) is 3.77. The third-order valence-electron chi connectivity index (χ3n) is 3.21. The van der Waals surface area contributed by atoms with Gasteiger partial charge in [-0.05, 0) is 31.9 Å². The largest absolute Gasteiger partial charge is 0.388 e. The molecule has 0 fully saturated rings. The van der Waals surface area contributed by atoms with Crippen molar-refractivity contribution in [2.75, 3.05) is 0 Å². The number of benzene rings is 1. The van der Waals surface area contributed by atoms with Gasteiger partial charge in [0.15, 0.2) is 5.82 Å². The molecule has 2 rings (SSSR count). The fourth-order valence-electron chi connectivity index (χ4n) is 2.15. The molecular formula is C14H19N3O. The molecule has 0 aliphatic heterocycles. The Labute approximate surface area is 107 Å². The molecule has 0 radical (unpaired) electrons. The van der Waals surface area contributed by atoms with Gasteiger partial charge in [0.2, 0.25) is 0 Å². The fourth-order valence-corrected chi connectivity index (χ4v) is 2.15. The standard InChI is InChI=1S/C14H19N3O/c1-4-17-13(15-16-14(17)9-18)8-12-7-10(2)5-6-11(12)3/h5-7,18H,4,8-9H2,1-3H3. The van der Waals surface area contributed by atoms with Crippen LogP contribution < -0.4 is 0 Å². The maximum atomic E-state index is 9.20. The SMILES string of the molecule is CCn1c(CO)nnc1Cc1cc(C)ccc1C. The van der Waals surface area contributed by atoms with Gasteiger partial charge in [-0.15, -0.1) is 10.2 Å². The Balaban J connectivity index is 2.33. The van der Waals surface area contributed by atoms with E-state index in [1.807, 2.05) is 11.5 Å². The number of aliphatic hydroxyl groups excluding tert-OH is 1. The maximum absolute atomic E-state index is 9.20. The minimum atomic E-state index is -0.0619. The summed E-state index contributed by atoms with van der Waals surface area (Å²) in [7, 11) is 0. The molecular weight excluding hydrogens is 226 g/mol. The summed E-state index contributed by atoms with van der Waals surface area (Å²) >= 11 is 0. The summed E-state index contributed by atoms with van der Waals surface area (Å²) in [5.74, 6) is 1.55. The molecule has 0 aliphatic rings. The Morgan fingerprint density at radius 2 is 1.89 bits per heavy atom. The average molecular weight is 245 g/mol. The Hall–Kier alpha value is -1.68. The second-order valence-corrected chi connectivity index (χ2v) is 4.54. The van der Waals surface area contributed by atoms with Gasteiger partial charge in [0.25, 0.3) is 0 Å². The third-order valence-corrected chi connectivity index (χ3v) is 3.21. The van der Waals surface area contributed by atoms with Crippen LogP contribution in [0.2, 0.25) is 0 Å². The van der Waals surface area contributed by atoms with Crippen molar-refractivity contribution >= 4 is 0 Å². The average Bonchev–Trinajstić information content (AvgIpc) is 2.75. The van der Waals surface area contributed by atoms with Gasteiger partial charge in [-0.2, -0.15) is 0 Å². The summed E-state index contributed by atoms with van der Waals surface area (Å²) in [6, 6.07) is 6.43. The Bertz CT molecular complexity index is 546. The minimum Gasteiger partial charge on any atom is -0.388 e. The summed E-state index contributed by atoms with van der Waals surface area (Å²) in [5, 5.41) is 17.4. The van der Waals surface area contributed by atoms with E-state index in [1.54, 1.807) is 0 Å². The van der Waals surface area contributed by atoms with E-state index in [9.17, 15) is 5.11 Å². The lowest BCUT2D eigenvalue weighted by molar-refractivity contribution is 0.264. The highest BCUT2D eigenvalue weighted by atomic mass is 16.3. The number of nitrogens with zero attached hydrogens (tertiary/aromatic N) is 3. The van der Waals surface area contributed by atoms with Crippen molar-refractivity contribution in [2.45, 2.75) is 40.3 Å². The van der Waals surface area contributed by atoms with Crippen LogP contribution >= 0.6 is 0 Å². The first-order chi connectivity index (χ1) is 8.65. The van der Waals surface area contributed by atoms with Crippen LogP contribution in [0.4, 0.5) is 0 Å². The molecule has 2 aromatic rings. The summed E-state index contributed by atoms with van der Waals surface area (Å²) in [6.45, 7) is 6.95. The highest BCUT2D eigenvalue weighted by Crippen LogP contribution is 2.15. The predicted octanol–water partition coefficient (Wildman–Crippen LogP) is 2.00. The number of hydrogen-bond acceptors (Lipinski definition) is 3. The van der Waals surface area contributed by atoms with Crippen molar-refractivity contribution in [2.24, 2.45) is 0 Å². The lowest BCUT2D eigenvalue weighted by Crippen LogP contribution is -2.07. The van der Waals surface area contributed by atoms with Crippen LogP contribution in [0.3, 0.4) is 0 Å². The zero-order valence-electron chi connectivity index (χ0n) is 11.1. The van der Waals surface area contributed by atoms with Crippen molar-refractivity contribution in [1.29, 1.82) is 0 Å². The van der Waals surface area contributed by atoms with Crippen molar-refractivity contribution < 1.29 is 5.11 Å². The first-order valence-electron chi connectivity index (χ1n) is 6.23. The molecule has 0 aliphatic carbocycles. The molecule has 0 bridgehead atoms. The molecule has 0 saturated heterocycles. The molecule has 0 saturated carbocycles. The third kappa shape index (κ3) is 2.43. The maximum Gasteiger partial charge on any atom is 0.158 e. The van der Waals surface area contributed by atoms with E-state index < -0.39 is 0 Å². The van der Waals surface area contributed by atoms with E-state index in [0.29, 0.717) is 5.82 Å². The van der Waals surface area contributed by atoms with Gasteiger partial charge < -0.3 is 9.67 Å². The molecule has 1 heterocycles. The normalized spacial score (nSPS) is 10.9. The monoisotopic (exact) mass is 245 g/mol. The van der Waals surface area contributed by atoms with E-state index in [4.69, 9.17) is 0 Å². The molecule has 4 nitrogen and oxygen atoms in total. The summed E-state index contributed by atoms with van der Waals surface area (Å²) in [6.07, 6.45) is 0.758. The van der Waals surface area contributed by atoms with Gasteiger partial charge in [-0.1, -0.05) is 23.8 Å². The van der Waals surface area contributed by atoms with Crippen LogP contribution in [0, 0.1) is 13.8 Å². The fraction of sp³-hybridized carbons (Fsp3) is 0.429. The predicted molar refractivity (Wildman–Crippen MR) is 70.3 cm³/mol. The second-order valence-electron chi connectivity index (χ2n) is 4.54. The minimum absolute atomic E-state index is 0.0619. The van der Waals surface area contributed by atoms with Gasteiger partial charge >= 0.3 is 0 Å². The zero-order chi connectivity index (χ0) is 13.1. The first kappa shape index (κ1) is 12.8. The van der Waals surface area contributed by atoms with Crippen LogP contribution in [-0.2, 0) is 19.6 Å². The smallest absolute Gasteiger partial charge is 0.158 e. The van der Waals surface area contributed by atoms with Crippen molar-refractivity contribution in [3.05, 3.63) is 46.5 Å². The van der Waals surface area contributed by atoms with Crippen molar-refractivity contribution in [3.8, 4) is 0 Å². The zero-order valence-corrected chi connectivity index (χ0v) is 11.1. The van der Waals surface area contributed by atoms with Gasteiger partial charge in [0.05, 0.1) is 0 Å². The summed E-state index contributed by atoms with van der Waals surface area (Å²) in [5.41, 5.74) is 3.78. The summed E-state index contributed by atoms with van der Waals surface area (Å²) in [4.78, 5) is 0. The molecule has 0 atom stereocenters. The van der Waals surface area contributed by atoms with Crippen molar-refractivity contribution in [3.63, 3.8) is 0 Å². The molecule has 18 heavy (non-hydrogen) atoms. The first-order valence-corrected chi connectivity index (χ1v) is 6.23. The van der Waals surface area contributed by atoms with Gasteiger partial charge in [-0.3, -0.25) is 0 Å². The molecule has 1 N–H and O–H groups in total. The number of aryl methyl sites for hydroxylation is 2. The topological polar surface area (TPSA) is 50.9 Å². The second kappa shape index (κ2) is 5.31. The quantitative estimate of drug-likeness (QED) is 0.896. The van der Waals surface area contributed by atoms with E-state index in [1.165, 1.54) is 16.7 Å². The van der Waals surface area contributed by atoms with Crippen LogP contribution in [0.25, 0.3) is 0 Å². The van der Waals surface area contributed by atoms with Gasteiger partial charge in [0.1, 0.15) is 12.4 Å². The molecule has 1 aromatic heterocycles. The number of aromatic nitrogens is 3. The van der Waals surface area contributed by atoms with Gasteiger partial charge in [-0.25, -0.2) is 0 Å².